The highest BCUT2D eigenvalue weighted by molar-refractivity contribution is 5.90. The van der Waals surface area contributed by atoms with Gasteiger partial charge in [0.1, 0.15) is 78.7 Å². The van der Waals surface area contributed by atoms with E-state index in [1.807, 2.05) is 0 Å². The summed E-state index contributed by atoms with van der Waals surface area (Å²) in [5.41, 5.74) is 0.00410. The molecular weight excluding hydrogens is 704 g/mol. The van der Waals surface area contributed by atoms with Crippen molar-refractivity contribution >= 4 is 22.9 Å². The van der Waals surface area contributed by atoms with Gasteiger partial charge in [0.05, 0.1) is 32.5 Å². The van der Waals surface area contributed by atoms with Crippen molar-refractivity contribution in [3.63, 3.8) is 0 Å². The molecule has 2 aliphatic heterocycles. The van der Waals surface area contributed by atoms with Gasteiger partial charge in [-0.1, -0.05) is 0 Å². The molecule has 0 unspecified atom stereocenters. The summed E-state index contributed by atoms with van der Waals surface area (Å²) in [6, 6.07) is 6.11. The molecule has 2 fully saturated rings. The number of aromatic hydroxyl groups is 2. The fraction of sp³-hybridized carbons (Fsp3) is 0.469. The molecule has 284 valence electrons. The van der Waals surface area contributed by atoms with E-state index in [0.29, 0.717) is 0 Å². The molecule has 10 N–H and O–H groups in total. The largest absolute Gasteiger partial charge is 0.507 e. The van der Waals surface area contributed by atoms with Crippen LogP contribution in [0.4, 0.5) is 0 Å². The van der Waals surface area contributed by atoms with Gasteiger partial charge in [0.15, 0.2) is 11.5 Å². The van der Waals surface area contributed by atoms with Crippen LogP contribution in [0.25, 0.3) is 22.3 Å². The number of carboxylic acid groups (broad SMARTS) is 1. The van der Waals surface area contributed by atoms with Crippen molar-refractivity contribution in [2.45, 2.75) is 67.8 Å². The second-order valence-electron chi connectivity index (χ2n) is 11.7. The second-order valence-corrected chi connectivity index (χ2v) is 11.7. The van der Waals surface area contributed by atoms with Gasteiger partial charge in [0.2, 0.25) is 24.1 Å². The standard InChI is InChI=1S/C32H36O20/c1-45-16-3-11(4-17(46-2)23(16)38)30-18(50-32-28(43)26(41)24(39)19(9-33)51-32)7-13-14(48-30)5-12(34)6-15(13)49-31-29(44)27(42)25(40)20(52-31)10-47-22(37)8-21(35)36/h3-7,19-20,24-29,31-33,39-44H,8-10H2,1-2H3,(H2-,34,35,36,38)/p+1/t19-,20-,24-,25-,26+,27+,28-,29-,31-,32-/m1/s1. The third-order valence-corrected chi connectivity index (χ3v) is 8.25. The number of ether oxygens (including phenoxy) is 7. The highest BCUT2D eigenvalue weighted by atomic mass is 16.7. The van der Waals surface area contributed by atoms with Crippen LogP contribution in [0.2, 0.25) is 0 Å². The van der Waals surface area contributed by atoms with E-state index in [4.69, 9.17) is 42.7 Å². The number of hydrogen-bond donors (Lipinski definition) is 10. The number of benzene rings is 2. The van der Waals surface area contributed by atoms with Gasteiger partial charge in [0, 0.05) is 24.3 Å². The zero-order chi connectivity index (χ0) is 38.0. The van der Waals surface area contributed by atoms with Crippen LogP contribution in [-0.4, -0.2) is 152 Å². The number of methoxy groups -OCH3 is 2. The van der Waals surface area contributed by atoms with Crippen LogP contribution in [0.15, 0.2) is 34.7 Å². The smallest absolute Gasteiger partial charge is 0.402 e. The lowest BCUT2D eigenvalue weighted by Gasteiger charge is -2.40. The molecule has 0 saturated carbocycles. The predicted octanol–water partition coefficient (Wildman–Crippen LogP) is -1.81. The number of phenolic OH excluding ortho intramolecular Hbond substituents is 2. The summed E-state index contributed by atoms with van der Waals surface area (Å²) < 4.78 is 44.3. The molecule has 2 aromatic carbocycles. The van der Waals surface area contributed by atoms with E-state index in [9.17, 15) is 55.5 Å². The van der Waals surface area contributed by atoms with E-state index >= 15 is 0 Å². The molecule has 52 heavy (non-hydrogen) atoms. The number of fused-ring (bicyclic) bond motifs is 1. The fourth-order valence-electron chi connectivity index (χ4n) is 5.50. The van der Waals surface area contributed by atoms with Gasteiger partial charge in [-0.25, -0.2) is 4.42 Å². The molecule has 1 aromatic heterocycles. The lowest BCUT2D eigenvalue weighted by atomic mass is 9.99. The Balaban J connectivity index is 1.58. The highest BCUT2D eigenvalue weighted by Gasteiger charge is 2.47. The molecule has 20 heteroatoms. The summed E-state index contributed by atoms with van der Waals surface area (Å²) in [5, 5.41) is 103. The Morgan fingerprint density at radius 1 is 0.731 bits per heavy atom. The highest BCUT2D eigenvalue weighted by Crippen LogP contribution is 2.46. The van der Waals surface area contributed by atoms with Gasteiger partial charge >= 0.3 is 23.3 Å². The first-order valence-corrected chi connectivity index (χ1v) is 15.5. The molecule has 2 aliphatic rings. The summed E-state index contributed by atoms with van der Waals surface area (Å²) in [6.45, 7) is -1.51. The number of phenols is 2. The topological polar surface area (TPSA) is 312 Å². The molecule has 0 spiro atoms. The third kappa shape index (κ3) is 7.84. The average Bonchev–Trinajstić information content (AvgIpc) is 3.11. The minimum Gasteiger partial charge on any atom is -0.507 e. The van der Waals surface area contributed by atoms with Gasteiger partial charge < -0.3 is 84.2 Å². The number of aliphatic carboxylic acids is 1. The Hall–Kier alpha value is -4.77. The number of hydrogen-bond acceptors (Lipinski definition) is 18. The predicted molar refractivity (Wildman–Crippen MR) is 167 cm³/mol. The summed E-state index contributed by atoms with van der Waals surface area (Å²) in [7, 11) is 2.54. The summed E-state index contributed by atoms with van der Waals surface area (Å²) in [4.78, 5) is 22.6. The van der Waals surface area contributed by atoms with Crippen LogP contribution in [0.5, 0.6) is 34.5 Å². The molecule has 3 heterocycles. The molecule has 10 atom stereocenters. The quantitative estimate of drug-likeness (QED) is 0.0556. The lowest BCUT2D eigenvalue weighted by molar-refractivity contribution is -0.278. The van der Waals surface area contributed by atoms with Crippen molar-refractivity contribution in [2.24, 2.45) is 0 Å². The monoisotopic (exact) mass is 741 g/mol. The molecule has 5 rings (SSSR count). The van der Waals surface area contributed by atoms with Crippen LogP contribution in [-0.2, 0) is 23.8 Å². The molecular formula is C32H37O20+. The second kappa shape index (κ2) is 15.9. The van der Waals surface area contributed by atoms with E-state index in [0.717, 1.165) is 12.1 Å². The van der Waals surface area contributed by atoms with Gasteiger partial charge in [-0.2, -0.15) is 0 Å². The van der Waals surface area contributed by atoms with E-state index < -0.39 is 98.7 Å². The Labute approximate surface area is 292 Å². The summed E-state index contributed by atoms with van der Waals surface area (Å²) >= 11 is 0. The molecule has 0 bridgehead atoms. The average molecular weight is 742 g/mol. The normalized spacial score (nSPS) is 28.9. The SMILES string of the molecule is COc1cc(-c2[o+]c3cc(O)cc(O[C@@H]4O[C@H](COC(=O)CC(=O)O)[C@@H](O)[C@H](O)[C@H]4O)c3cc2O[C@@H]2O[C@H](CO)[C@@H](O)[C@H](O)[C@H]2O)cc(OC)c1O. The number of carbonyl (C=O) groups excluding carboxylic acids is 1. The first-order valence-electron chi connectivity index (χ1n) is 15.5. The van der Waals surface area contributed by atoms with E-state index in [-0.39, 0.29) is 51.0 Å². The molecule has 0 radical (unpaired) electrons. The van der Waals surface area contributed by atoms with Crippen molar-refractivity contribution in [3.8, 4) is 45.8 Å². The summed E-state index contributed by atoms with van der Waals surface area (Å²) in [5.74, 6) is -4.36. The number of rotatable bonds is 12. The van der Waals surface area contributed by atoms with Crippen molar-refractivity contribution in [1.82, 2.24) is 0 Å². The molecule has 0 amide bonds. The zero-order valence-electron chi connectivity index (χ0n) is 27.3. The summed E-state index contributed by atoms with van der Waals surface area (Å²) in [6.07, 6.45) is -18.5. The van der Waals surface area contributed by atoms with Crippen LogP contribution in [0.3, 0.4) is 0 Å². The Kier molecular flexibility index (Phi) is 11.7. The van der Waals surface area contributed by atoms with Crippen molar-refractivity contribution < 1.29 is 98.2 Å². The van der Waals surface area contributed by atoms with Crippen LogP contribution in [0.1, 0.15) is 6.42 Å². The fourth-order valence-corrected chi connectivity index (χ4v) is 5.50. The van der Waals surface area contributed by atoms with Crippen LogP contribution in [0, 0.1) is 0 Å². The Bertz CT molecular complexity index is 1740. The Morgan fingerprint density at radius 3 is 1.85 bits per heavy atom. The molecule has 3 aromatic rings. The van der Waals surface area contributed by atoms with E-state index in [2.05, 4.69) is 0 Å². The number of carboxylic acids is 1. The Morgan fingerprint density at radius 2 is 1.29 bits per heavy atom. The van der Waals surface area contributed by atoms with Crippen molar-refractivity contribution in [1.29, 1.82) is 0 Å². The van der Waals surface area contributed by atoms with E-state index in [1.165, 1.54) is 32.4 Å². The maximum Gasteiger partial charge on any atom is 0.402 e. The van der Waals surface area contributed by atoms with Crippen molar-refractivity contribution in [3.05, 3.63) is 30.3 Å². The molecule has 20 nitrogen and oxygen atoms in total. The van der Waals surface area contributed by atoms with Gasteiger partial charge in [-0.15, -0.1) is 0 Å². The number of carbonyl (C=O) groups is 2. The minimum atomic E-state index is -1.93. The minimum absolute atomic E-state index is 0.0281. The third-order valence-electron chi connectivity index (χ3n) is 8.25. The van der Waals surface area contributed by atoms with E-state index in [1.54, 1.807) is 0 Å². The van der Waals surface area contributed by atoms with Gasteiger partial charge in [-0.3, -0.25) is 9.59 Å². The molecule has 2 saturated heterocycles. The maximum atomic E-state index is 11.8. The number of esters is 1. The van der Waals surface area contributed by atoms with Crippen LogP contribution >= 0.6 is 0 Å². The van der Waals surface area contributed by atoms with Crippen LogP contribution < -0.4 is 18.9 Å². The first kappa shape index (κ1) is 38.5. The van der Waals surface area contributed by atoms with Crippen molar-refractivity contribution in [2.75, 3.05) is 27.4 Å². The zero-order valence-corrected chi connectivity index (χ0v) is 27.3. The van der Waals surface area contributed by atoms with Gasteiger partial charge in [-0.05, 0) is 0 Å². The number of aliphatic hydroxyl groups is 7. The molecule has 0 aliphatic carbocycles. The van der Waals surface area contributed by atoms with Gasteiger partial charge in [0.25, 0.3) is 0 Å². The first-order chi connectivity index (χ1) is 24.7. The number of aliphatic hydroxyl groups excluding tert-OH is 7. The lowest BCUT2D eigenvalue weighted by Crippen LogP contribution is -2.60. The maximum absolute atomic E-state index is 11.8.